The number of aromatic nitrogens is 2. The molecule has 4 aromatic rings. The van der Waals surface area contributed by atoms with E-state index in [4.69, 9.17) is 0 Å². The van der Waals surface area contributed by atoms with E-state index in [-0.39, 0.29) is 28.5 Å². The number of benzene rings is 2. The van der Waals surface area contributed by atoms with Crippen LogP contribution in [0.3, 0.4) is 0 Å². The van der Waals surface area contributed by atoms with E-state index in [0.29, 0.717) is 0 Å². The zero-order chi connectivity index (χ0) is 23.0. The molecule has 2 N–H and O–H groups in total. The van der Waals surface area contributed by atoms with E-state index in [9.17, 15) is 13.2 Å². The van der Waals surface area contributed by atoms with Crippen LogP contribution in [0.2, 0.25) is 0 Å². The minimum atomic E-state index is -3.72. The van der Waals surface area contributed by atoms with Crippen molar-refractivity contribution in [3.63, 3.8) is 0 Å². The maximum absolute atomic E-state index is 12.8. The monoisotopic (exact) mass is 458 g/mol. The fraction of sp³-hybridized carbons (Fsp3) is 0.160. The Kier molecular flexibility index (Phi) is 5.30. The Bertz CT molecular complexity index is 1440. The summed E-state index contributed by atoms with van der Waals surface area (Å²) in [5.74, 6) is 0.186. The van der Waals surface area contributed by atoms with Crippen LogP contribution >= 0.6 is 0 Å². The zero-order valence-corrected chi connectivity index (χ0v) is 18.7. The summed E-state index contributed by atoms with van der Waals surface area (Å²) < 4.78 is 27.6. The molecule has 1 saturated carbocycles. The molecule has 0 radical (unpaired) electrons. The third-order valence-electron chi connectivity index (χ3n) is 5.88. The number of hydrogen-bond acceptors (Lipinski definition) is 5. The van der Waals surface area contributed by atoms with E-state index < -0.39 is 10.0 Å². The molecule has 8 heteroatoms. The van der Waals surface area contributed by atoms with Crippen LogP contribution in [0.1, 0.15) is 23.6 Å². The molecule has 0 unspecified atom stereocenters. The molecular formula is C25H22N4O3S. The molecule has 1 aliphatic carbocycles. The lowest BCUT2D eigenvalue weighted by Crippen LogP contribution is -2.15. The lowest BCUT2D eigenvalue weighted by Gasteiger charge is -2.09. The predicted molar refractivity (Wildman–Crippen MR) is 127 cm³/mol. The molecular weight excluding hydrogens is 436 g/mol. The van der Waals surface area contributed by atoms with Crippen molar-refractivity contribution in [1.29, 1.82) is 0 Å². The van der Waals surface area contributed by atoms with Gasteiger partial charge in [0.05, 0.1) is 4.90 Å². The number of rotatable bonds is 6. The fourth-order valence-electron chi connectivity index (χ4n) is 4.01. The molecule has 7 nitrogen and oxygen atoms in total. The number of fused-ring (bicyclic) bond motifs is 1. The molecule has 2 atom stereocenters. The first-order valence-electron chi connectivity index (χ1n) is 10.6. The summed E-state index contributed by atoms with van der Waals surface area (Å²) >= 11 is 0. The highest BCUT2D eigenvalue weighted by Crippen LogP contribution is 2.48. The van der Waals surface area contributed by atoms with Gasteiger partial charge in [-0.1, -0.05) is 24.3 Å². The number of carbonyl (C=O) groups is 1. The Morgan fingerprint density at radius 1 is 0.970 bits per heavy atom. The summed E-state index contributed by atoms with van der Waals surface area (Å²) in [6, 6.07) is 19.4. The van der Waals surface area contributed by atoms with Gasteiger partial charge in [0, 0.05) is 35.1 Å². The van der Waals surface area contributed by atoms with Gasteiger partial charge in [-0.05, 0) is 72.7 Å². The van der Waals surface area contributed by atoms with E-state index in [1.54, 1.807) is 48.7 Å². The molecule has 2 heterocycles. The average molecular weight is 459 g/mol. The van der Waals surface area contributed by atoms with Crippen LogP contribution < -0.4 is 10.0 Å². The first kappa shape index (κ1) is 21.1. The van der Waals surface area contributed by atoms with Gasteiger partial charge in [0.1, 0.15) is 5.82 Å². The number of carbonyl (C=O) groups excluding carboxylic acids is 1. The fourth-order valence-corrected chi connectivity index (χ4v) is 5.02. The summed E-state index contributed by atoms with van der Waals surface area (Å²) in [5, 5.41) is 5.10. The molecule has 0 bridgehead atoms. The Morgan fingerprint density at radius 3 is 2.55 bits per heavy atom. The third kappa shape index (κ3) is 4.42. The van der Waals surface area contributed by atoms with Gasteiger partial charge in [-0.2, -0.15) is 0 Å². The summed E-state index contributed by atoms with van der Waals surface area (Å²) in [6.45, 7) is 1.96. The van der Waals surface area contributed by atoms with E-state index >= 15 is 0 Å². The number of sulfonamides is 1. The minimum absolute atomic E-state index is 0.0290. The van der Waals surface area contributed by atoms with Crippen LogP contribution in [0.5, 0.6) is 0 Å². The molecule has 1 aliphatic rings. The van der Waals surface area contributed by atoms with Crippen LogP contribution in [0.25, 0.3) is 10.8 Å². The quantitative estimate of drug-likeness (QED) is 0.444. The number of nitrogens with one attached hydrogen (secondary N) is 2. The second-order valence-corrected chi connectivity index (χ2v) is 9.84. The molecule has 33 heavy (non-hydrogen) atoms. The summed E-state index contributed by atoms with van der Waals surface area (Å²) in [5.41, 5.74) is 2.66. The van der Waals surface area contributed by atoms with Crippen LogP contribution in [0, 0.1) is 12.8 Å². The molecule has 166 valence electrons. The number of hydrogen-bond donors (Lipinski definition) is 2. The Labute approximate surface area is 192 Å². The van der Waals surface area contributed by atoms with Gasteiger partial charge in [-0.3, -0.25) is 14.5 Å². The Balaban J connectivity index is 1.24. The highest BCUT2D eigenvalue weighted by molar-refractivity contribution is 7.92. The smallest absolute Gasteiger partial charge is 0.263 e. The molecule has 2 aromatic heterocycles. The van der Waals surface area contributed by atoms with E-state index in [1.165, 1.54) is 6.20 Å². The third-order valence-corrected chi connectivity index (χ3v) is 7.25. The predicted octanol–water partition coefficient (Wildman–Crippen LogP) is 4.48. The lowest BCUT2D eigenvalue weighted by atomic mass is 10.1. The van der Waals surface area contributed by atoms with Crippen molar-refractivity contribution >= 4 is 38.2 Å². The standard InChI is InChI=1S/C25H22N4O3S/c1-16-21-10-7-19(14-18(21)11-13-26-16)28-25(30)23-15-22(23)17-5-8-20(9-6-17)33(31,32)29-24-4-2-3-12-27-24/h2-14,22-23H,15H2,1H3,(H,27,29)(H,28,30)/t22-,23+/m0/s1. The molecule has 1 amide bonds. The normalized spacial score (nSPS) is 17.5. The van der Waals surface area contributed by atoms with Gasteiger partial charge in [-0.25, -0.2) is 13.4 Å². The van der Waals surface area contributed by atoms with Gasteiger partial charge in [-0.15, -0.1) is 0 Å². The first-order valence-corrected chi connectivity index (χ1v) is 12.1. The topological polar surface area (TPSA) is 101 Å². The molecule has 2 aromatic carbocycles. The van der Waals surface area contributed by atoms with E-state index in [1.807, 2.05) is 31.2 Å². The summed E-state index contributed by atoms with van der Waals surface area (Å²) in [6.07, 6.45) is 4.02. The second-order valence-electron chi connectivity index (χ2n) is 8.16. The van der Waals surface area contributed by atoms with Crippen molar-refractivity contribution in [2.75, 3.05) is 10.0 Å². The zero-order valence-electron chi connectivity index (χ0n) is 17.9. The van der Waals surface area contributed by atoms with Crippen molar-refractivity contribution in [3.8, 4) is 0 Å². The number of amides is 1. The molecule has 0 aliphatic heterocycles. The maximum Gasteiger partial charge on any atom is 0.263 e. The first-order chi connectivity index (χ1) is 15.9. The lowest BCUT2D eigenvalue weighted by molar-refractivity contribution is -0.117. The Hall–Kier alpha value is -3.78. The summed E-state index contributed by atoms with van der Waals surface area (Å²) in [4.78, 5) is 21.2. The van der Waals surface area contributed by atoms with Crippen molar-refractivity contribution in [2.45, 2.75) is 24.2 Å². The molecule has 0 saturated heterocycles. The van der Waals surface area contributed by atoms with E-state index in [2.05, 4.69) is 20.0 Å². The van der Waals surface area contributed by atoms with Crippen LogP contribution in [0.4, 0.5) is 11.5 Å². The van der Waals surface area contributed by atoms with Gasteiger partial charge in [0.15, 0.2) is 0 Å². The largest absolute Gasteiger partial charge is 0.326 e. The van der Waals surface area contributed by atoms with Gasteiger partial charge >= 0.3 is 0 Å². The maximum atomic E-state index is 12.8. The number of pyridine rings is 2. The average Bonchev–Trinajstić information content (AvgIpc) is 3.61. The van der Waals surface area contributed by atoms with Gasteiger partial charge in [0.2, 0.25) is 5.91 Å². The van der Waals surface area contributed by atoms with Crippen LogP contribution in [-0.4, -0.2) is 24.3 Å². The molecule has 5 rings (SSSR count). The Morgan fingerprint density at radius 2 is 1.79 bits per heavy atom. The number of aryl methyl sites for hydroxylation is 1. The molecule has 1 fully saturated rings. The number of nitrogens with zero attached hydrogens (tertiary/aromatic N) is 2. The van der Waals surface area contributed by atoms with Crippen molar-refractivity contribution < 1.29 is 13.2 Å². The minimum Gasteiger partial charge on any atom is -0.326 e. The van der Waals surface area contributed by atoms with Crippen LogP contribution in [0.15, 0.2) is 84.0 Å². The van der Waals surface area contributed by atoms with Crippen molar-refractivity contribution in [1.82, 2.24) is 9.97 Å². The second kappa shape index (κ2) is 8.29. The van der Waals surface area contributed by atoms with Gasteiger partial charge in [0.25, 0.3) is 10.0 Å². The highest BCUT2D eigenvalue weighted by atomic mass is 32.2. The summed E-state index contributed by atoms with van der Waals surface area (Å²) in [7, 11) is -3.72. The van der Waals surface area contributed by atoms with Crippen molar-refractivity contribution in [2.24, 2.45) is 5.92 Å². The van der Waals surface area contributed by atoms with E-state index in [0.717, 1.165) is 34.1 Å². The van der Waals surface area contributed by atoms with Crippen LogP contribution in [-0.2, 0) is 14.8 Å². The SMILES string of the molecule is Cc1nccc2cc(NC(=O)[C@@H]3C[C@H]3c3ccc(S(=O)(=O)Nc4ccccn4)cc3)ccc12. The highest BCUT2D eigenvalue weighted by Gasteiger charge is 2.44. The van der Waals surface area contributed by atoms with Crippen molar-refractivity contribution in [3.05, 3.63) is 90.4 Å². The van der Waals surface area contributed by atoms with Gasteiger partial charge < -0.3 is 5.32 Å². The number of anilines is 2. The molecule has 0 spiro atoms.